The molecule has 6 rings (SSSR count). The van der Waals surface area contributed by atoms with E-state index in [2.05, 4.69) is 36.7 Å². The molecular weight excluding hydrogens is 524 g/mol. The summed E-state index contributed by atoms with van der Waals surface area (Å²) in [5.41, 5.74) is 7.62. The normalized spacial score (nSPS) is 20.9. The van der Waals surface area contributed by atoms with Crippen LogP contribution in [0.1, 0.15) is 25.3 Å². The van der Waals surface area contributed by atoms with Gasteiger partial charge in [0.2, 0.25) is 0 Å². The molecule has 2 atom stereocenters. The molecule has 4 aromatic rings. The van der Waals surface area contributed by atoms with Crippen molar-refractivity contribution >= 4 is 40.1 Å². The first-order chi connectivity index (χ1) is 18.4. The zero-order valence-corrected chi connectivity index (χ0v) is 22.4. The standard InChI is InChI=1S/C26H27ClN8O2S/c1-16-24(28)26(13-37-16)4-6-34(7-5-26)20-10-32-21(11-31-20)38-19-3-2-18-22(23(19)27)25(36)35(15-33-18)12-17-8-29-14-30-9-17/h2-3,8-11,14-16,24H,4-7,12-13,28H2,1H3/t16-,24+/m0/s1. The van der Waals surface area contributed by atoms with E-state index in [-0.39, 0.29) is 23.1 Å². The second-order valence-electron chi connectivity index (χ2n) is 9.90. The average molecular weight is 551 g/mol. The minimum atomic E-state index is -0.225. The lowest BCUT2D eigenvalue weighted by molar-refractivity contribution is 0.0974. The van der Waals surface area contributed by atoms with Gasteiger partial charge in [0.05, 0.1) is 53.9 Å². The second-order valence-corrected chi connectivity index (χ2v) is 11.3. The van der Waals surface area contributed by atoms with Crippen molar-refractivity contribution in [2.45, 2.75) is 48.4 Å². The highest BCUT2D eigenvalue weighted by molar-refractivity contribution is 7.99. The molecule has 2 fully saturated rings. The van der Waals surface area contributed by atoms with Crippen LogP contribution in [-0.4, -0.2) is 61.3 Å². The smallest absolute Gasteiger partial charge is 0.263 e. The van der Waals surface area contributed by atoms with E-state index < -0.39 is 0 Å². The Morgan fingerprint density at radius 2 is 1.92 bits per heavy atom. The number of fused-ring (bicyclic) bond motifs is 1. The summed E-state index contributed by atoms with van der Waals surface area (Å²) < 4.78 is 7.34. The van der Waals surface area contributed by atoms with Crippen LogP contribution in [0.25, 0.3) is 10.9 Å². The number of piperidine rings is 1. The monoisotopic (exact) mass is 550 g/mol. The number of halogens is 1. The number of nitrogens with two attached hydrogens (primary N) is 1. The molecule has 1 aromatic carbocycles. The van der Waals surface area contributed by atoms with Crippen molar-refractivity contribution in [1.82, 2.24) is 29.5 Å². The first kappa shape index (κ1) is 25.2. The van der Waals surface area contributed by atoms with Crippen LogP contribution in [0, 0.1) is 5.41 Å². The van der Waals surface area contributed by atoms with E-state index in [1.54, 1.807) is 30.9 Å². The van der Waals surface area contributed by atoms with Gasteiger partial charge in [-0.3, -0.25) is 9.36 Å². The van der Waals surface area contributed by atoms with Crippen molar-refractivity contribution < 1.29 is 4.74 Å². The van der Waals surface area contributed by atoms with Gasteiger partial charge in [0.1, 0.15) is 17.2 Å². The highest BCUT2D eigenvalue weighted by Crippen LogP contribution is 2.42. The van der Waals surface area contributed by atoms with Crippen LogP contribution in [-0.2, 0) is 11.3 Å². The lowest BCUT2D eigenvalue weighted by atomic mass is 9.73. The van der Waals surface area contributed by atoms with E-state index >= 15 is 0 Å². The van der Waals surface area contributed by atoms with Crippen molar-refractivity contribution in [1.29, 1.82) is 0 Å². The van der Waals surface area contributed by atoms with Crippen molar-refractivity contribution in [3.63, 3.8) is 0 Å². The van der Waals surface area contributed by atoms with Gasteiger partial charge < -0.3 is 15.4 Å². The number of anilines is 1. The van der Waals surface area contributed by atoms with Crippen molar-refractivity contribution in [2.24, 2.45) is 11.1 Å². The molecule has 38 heavy (non-hydrogen) atoms. The zero-order chi connectivity index (χ0) is 26.3. The molecule has 1 spiro atoms. The third-order valence-corrected chi connectivity index (χ3v) is 9.11. The topological polar surface area (TPSA) is 125 Å². The molecular formula is C26H27ClN8O2S. The van der Waals surface area contributed by atoms with Gasteiger partial charge in [0.15, 0.2) is 0 Å². The van der Waals surface area contributed by atoms with Crippen LogP contribution in [0.15, 0.2) is 64.3 Å². The second kappa shape index (κ2) is 10.2. The Bertz CT molecular complexity index is 1510. The maximum Gasteiger partial charge on any atom is 0.263 e. The molecule has 3 aromatic heterocycles. The predicted molar refractivity (Wildman–Crippen MR) is 146 cm³/mol. The van der Waals surface area contributed by atoms with Gasteiger partial charge in [-0.2, -0.15) is 0 Å². The fourth-order valence-electron chi connectivity index (χ4n) is 5.28. The summed E-state index contributed by atoms with van der Waals surface area (Å²) in [6.07, 6.45) is 11.9. The summed E-state index contributed by atoms with van der Waals surface area (Å²) >= 11 is 8.10. The number of nitrogens with zero attached hydrogens (tertiary/aromatic N) is 7. The van der Waals surface area contributed by atoms with Crippen LogP contribution >= 0.6 is 23.4 Å². The summed E-state index contributed by atoms with van der Waals surface area (Å²) in [6, 6.07) is 3.72. The summed E-state index contributed by atoms with van der Waals surface area (Å²) in [5, 5.41) is 1.40. The molecule has 12 heteroatoms. The Kier molecular flexibility index (Phi) is 6.77. The molecule has 0 aliphatic carbocycles. The zero-order valence-electron chi connectivity index (χ0n) is 20.8. The number of hydrogen-bond donors (Lipinski definition) is 1. The third kappa shape index (κ3) is 4.64. The van der Waals surface area contributed by atoms with E-state index in [0.717, 1.165) is 43.9 Å². The Balaban J connectivity index is 1.18. The van der Waals surface area contributed by atoms with Crippen molar-refractivity contribution in [3.05, 3.63) is 70.5 Å². The SMILES string of the molecule is C[C@@H]1OCC2(CCN(c3cnc(Sc4ccc5ncn(Cc6cncnc6)c(=O)c5c4Cl)cn3)CC2)[C@@H]1N. The summed E-state index contributed by atoms with van der Waals surface area (Å²) in [7, 11) is 0. The average Bonchev–Trinajstić information content (AvgIpc) is 3.21. The first-order valence-corrected chi connectivity index (χ1v) is 13.7. The third-order valence-electron chi connectivity index (χ3n) is 7.62. The Labute approximate surface area is 228 Å². The van der Waals surface area contributed by atoms with Crippen LogP contribution in [0.3, 0.4) is 0 Å². The van der Waals surface area contributed by atoms with Crippen LogP contribution in [0.4, 0.5) is 5.82 Å². The van der Waals surface area contributed by atoms with Crippen molar-refractivity contribution in [2.75, 3.05) is 24.6 Å². The quantitative estimate of drug-likeness (QED) is 0.396. The number of hydrogen-bond acceptors (Lipinski definition) is 10. The Morgan fingerprint density at radius 3 is 2.61 bits per heavy atom. The van der Waals surface area contributed by atoms with Crippen LogP contribution in [0.5, 0.6) is 0 Å². The molecule has 0 bridgehead atoms. The Hall–Kier alpha value is -3.12. The van der Waals surface area contributed by atoms with E-state index in [4.69, 9.17) is 22.1 Å². The van der Waals surface area contributed by atoms with Crippen molar-refractivity contribution in [3.8, 4) is 0 Å². The molecule has 2 saturated heterocycles. The lowest BCUT2D eigenvalue weighted by Crippen LogP contribution is -2.50. The lowest BCUT2D eigenvalue weighted by Gasteiger charge is -2.41. The highest BCUT2D eigenvalue weighted by atomic mass is 35.5. The molecule has 0 unspecified atom stereocenters. The van der Waals surface area contributed by atoms with Gasteiger partial charge >= 0.3 is 0 Å². The van der Waals surface area contributed by atoms with E-state index in [0.29, 0.717) is 32.4 Å². The molecule has 2 aliphatic heterocycles. The number of rotatable bonds is 5. The molecule has 2 aliphatic rings. The fraction of sp³-hybridized carbons (Fsp3) is 0.385. The molecule has 196 valence electrons. The van der Waals surface area contributed by atoms with Gasteiger partial charge in [-0.05, 0) is 31.9 Å². The fourth-order valence-corrected chi connectivity index (χ4v) is 6.40. The summed E-state index contributed by atoms with van der Waals surface area (Å²) in [5.74, 6) is 0.839. The van der Waals surface area contributed by atoms with E-state index in [1.807, 2.05) is 6.07 Å². The molecule has 0 saturated carbocycles. The predicted octanol–water partition coefficient (Wildman–Crippen LogP) is 3.16. The maximum atomic E-state index is 13.2. The van der Waals surface area contributed by atoms with Gasteiger partial charge in [-0.25, -0.2) is 24.9 Å². The minimum absolute atomic E-state index is 0.0638. The maximum absolute atomic E-state index is 13.2. The van der Waals surface area contributed by atoms with Gasteiger partial charge in [0.25, 0.3) is 5.56 Å². The summed E-state index contributed by atoms with van der Waals surface area (Å²) in [6.45, 7) is 4.84. The molecule has 10 nitrogen and oxygen atoms in total. The van der Waals surface area contributed by atoms with Crippen LogP contribution < -0.4 is 16.2 Å². The van der Waals surface area contributed by atoms with Gasteiger partial charge in [-0.1, -0.05) is 23.4 Å². The largest absolute Gasteiger partial charge is 0.376 e. The minimum Gasteiger partial charge on any atom is -0.376 e. The molecule has 5 heterocycles. The van der Waals surface area contributed by atoms with Gasteiger partial charge in [-0.15, -0.1) is 0 Å². The van der Waals surface area contributed by atoms with E-state index in [9.17, 15) is 4.79 Å². The molecule has 2 N–H and O–H groups in total. The van der Waals surface area contributed by atoms with Crippen LogP contribution in [0.2, 0.25) is 5.02 Å². The van der Waals surface area contributed by atoms with Gasteiger partial charge in [0, 0.05) is 47.4 Å². The molecule has 0 radical (unpaired) electrons. The number of ether oxygens (including phenoxy) is 1. The molecule has 0 amide bonds. The number of benzene rings is 1. The van der Waals surface area contributed by atoms with E-state index in [1.165, 1.54) is 29.0 Å². The first-order valence-electron chi connectivity index (χ1n) is 12.5. The Morgan fingerprint density at radius 1 is 1.13 bits per heavy atom. The summed E-state index contributed by atoms with van der Waals surface area (Å²) in [4.78, 5) is 37.9. The highest BCUT2D eigenvalue weighted by Gasteiger charge is 2.47. The number of aromatic nitrogens is 6.